The second kappa shape index (κ2) is 6.26. The van der Waals surface area contributed by atoms with Crippen molar-refractivity contribution in [2.45, 2.75) is 25.4 Å². The van der Waals surface area contributed by atoms with Crippen molar-refractivity contribution >= 4 is 5.84 Å². The molecule has 0 bridgehead atoms. The van der Waals surface area contributed by atoms with E-state index in [0.29, 0.717) is 13.0 Å². The Morgan fingerprint density at radius 2 is 2.22 bits per heavy atom. The zero-order valence-corrected chi connectivity index (χ0v) is 10.2. The van der Waals surface area contributed by atoms with Gasteiger partial charge in [0.05, 0.1) is 6.10 Å². The van der Waals surface area contributed by atoms with Crippen LogP contribution in [0.2, 0.25) is 0 Å². The smallest absolute Gasteiger partial charge is 0.143 e. The van der Waals surface area contributed by atoms with Crippen LogP contribution in [0, 0.1) is 0 Å². The molecule has 1 aliphatic rings. The summed E-state index contributed by atoms with van der Waals surface area (Å²) in [5.41, 5.74) is 6.42. The molecule has 5 nitrogen and oxygen atoms in total. The molecule has 0 amide bonds. The lowest BCUT2D eigenvalue weighted by molar-refractivity contribution is 0.0679. The minimum absolute atomic E-state index is 0.197. The van der Waals surface area contributed by atoms with Crippen molar-refractivity contribution in [2.75, 3.05) is 13.2 Å². The molecule has 0 aliphatic carbocycles. The van der Waals surface area contributed by atoms with Crippen LogP contribution < -0.4 is 10.5 Å². The first-order valence-corrected chi connectivity index (χ1v) is 6.07. The topological polar surface area (TPSA) is 77.1 Å². The Hall–Kier alpha value is -1.75. The first-order chi connectivity index (χ1) is 8.78. The molecule has 1 heterocycles. The third-order valence-electron chi connectivity index (χ3n) is 2.90. The highest BCUT2D eigenvalue weighted by atomic mass is 16.5. The second-order valence-electron chi connectivity index (χ2n) is 4.36. The number of nitrogens with zero attached hydrogens (tertiary/aromatic N) is 1. The van der Waals surface area contributed by atoms with Crippen LogP contribution in [0.1, 0.15) is 18.4 Å². The largest absolute Gasteiger partial charge is 0.491 e. The quantitative estimate of drug-likeness (QED) is 0.359. The van der Waals surface area contributed by atoms with Gasteiger partial charge in [-0.05, 0) is 30.5 Å². The van der Waals surface area contributed by atoms with Crippen LogP contribution in [0.5, 0.6) is 5.75 Å². The molecular weight excluding hydrogens is 232 g/mol. The van der Waals surface area contributed by atoms with Gasteiger partial charge in [0.15, 0.2) is 0 Å². The lowest BCUT2D eigenvalue weighted by Gasteiger charge is -2.11. The second-order valence-corrected chi connectivity index (χ2v) is 4.36. The fourth-order valence-corrected chi connectivity index (χ4v) is 1.91. The summed E-state index contributed by atoms with van der Waals surface area (Å²) in [6.07, 6.45) is 2.85. The van der Waals surface area contributed by atoms with Crippen LogP contribution in [0.4, 0.5) is 0 Å². The molecule has 98 valence electrons. The summed E-state index contributed by atoms with van der Waals surface area (Å²) in [4.78, 5) is 0. The van der Waals surface area contributed by atoms with Gasteiger partial charge in [0.25, 0.3) is 0 Å². The van der Waals surface area contributed by atoms with Crippen molar-refractivity contribution < 1.29 is 14.7 Å². The maximum absolute atomic E-state index is 8.48. The van der Waals surface area contributed by atoms with Gasteiger partial charge in [-0.2, -0.15) is 0 Å². The molecule has 1 aliphatic heterocycles. The highest BCUT2D eigenvalue weighted by Gasteiger charge is 2.15. The zero-order chi connectivity index (χ0) is 12.8. The van der Waals surface area contributed by atoms with E-state index in [0.717, 1.165) is 30.8 Å². The van der Waals surface area contributed by atoms with E-state index < -0.39 is 0 Å². The van der Waals surface area contributed by atoms with Crippen LogP contribution in [0.3, 0.4) is 0 Å². The Bertz CT molecular complexity index is 397. The summed E-state index contributed by atoms with van der Waals surface area (Å²) >= 11 is 0. The number of rotatable bonds is 5. The lowest BCUT2D eigenvalue weighted by atomic mass is 10.1. The van der Waals surface area contributed by atoms with Crippen LogP contribution in [-0.4, -0.2) is 30.4 Å². The maximum atomic E-state index is 8.48. The van der Waals surface area contributed by atoms with E-state index in [-0.39, 0.29) is 11.9 Å². The summed E-state index contributed by atoms with van der Waals surface area (Å²) in [6, 6.07) is 7.58. The van der Waals surface area contributed by atoms with E-state index in [2.05, 4.69) is 5.16 Å². The van der Waals surface area contributed by atoms with Crippen molar-refractivity contribution in [3.63, 3.8) is 0 Å². The van der Waals surface area contributed by atoms with Gasteiger partial charge < -0.3 is 20.4 Å². The first-order valence-electron chi connectivity index (χ1n) is 6.07. The van der Waals surface area contributed by atoms with Crippen molar-refractivity contribution in [1.82, 2.24) is 0 Å². The molecule has 0 saturated carbocycles. The van der Waals surface area contributed by atoms with E-state index >= 15 is 0 Å². The monoisotopic (exact) mass is 250 g/mol. The third-order valence-corrected chi connectivity index (χ3v) is 2.90. The number of ether oxygens (including phenoxy) is 2. The molecule has 1 unspecified atom stereocenters. The molecule has 0 spiro atoms. The van der Waals surface area contributed by atoms with Crippen LogP contribution >= 0.6 is 0 Å². The van der Waals surface area contributed by atoms with Gasteiger partial charge in [-0.25, -0.2) is 0 Å². The van der Waals surface area contributed by atoms with Crippen LogP contribution in [0.25, 0.3) is 0 Å². The maximum Gasteiger partial charge on any atom is 0.143 e. The predicted molar refractivity (Wildman–Crippen MR) is 68.0 cm³/mol. The summed E-state index contributed by atoms with van der Waals surface area (Å²) in [5.74, 6) is 1.01. The molecule has 5 heteroatoms. The van der Waals surface area contributed by atoms with Crippen LogP contribution in [0.15, 0.2) is 29.4 Å². The molecule has 0 radical (unpaired) electrons. The molecule has 0 aromatic heterocycles. The predicted octanol–water partition coefficient (Wildman–Crippen LogP) is 1.53. The normalized spacial score (nSPS) is 20.0. The number of hydrogen-bond acceptors (Lipinski definition) is 4. The minimum Gasteiger partial charge on any atom is -0.491 e. The molecular formula is C13H18N2O3. The third kappa shape index (κ3) is 3.63. The number of nitrogens with two attached hydrogens (primary N) is 1. The van der Waals surface area contributed by atoms with E-state index in [9.17, 15) is 0 Å². The molecule has 1 aromatic carbocycles. The summed E-state index contributed by atoms with van der Waals surface area (Å²) in [6.45, 7) is 1.44. The summed E-state index contributed by atoms with van der Waals surface area (Å²) < 4.78 is 11.1. The number of oxime groups is 1. The van der Waals surface area contributed by atoms with Gasteiger partial charge >= 0.3 is 0 Å². The van der Waals surface area contributed by atoms with Gasteiger partial charge in [-0.15, -0.1) is 0 Å². The molecule has 18 heavy (non-hydrogen) atoms. The van der Waals surface area contributed by atoms with Gasteiger partial charge in [-0.1, -0.05) is 17.3 Å². The fourth-order valence-electron chi connectivity index (χ4n) is 1.91. The Morgan fingerprint density at radius 1 is 1.44 bits per heavy atom. The highest BCUT2D eigenvalue weighted by molar-refractivity contribution is 5.82. The van der Waals surface area contributed by atoms with E-state index in [4.69, 9.17) is 20.4 Å². The SMILES string of the molecule is N/C(Cc1ccc(OCC2CCCO2)cc1)=N\O. The molecule has 1 aromatic rings. The highest BCUT2D eigenvalue weighted by Crippen LogP contribution is 2.16. The molecule has 2 rings (SSSR count). The molecule has 3 N–H and O–H groups in total. The van der Waals surface area contributed by atoms with Crippen molar-refractivity contribution in [1.29, 1.82) is 0 Å². The van der Waals surface area contributed by atoms with Crippen molar-refractivity contribution in [2.24, 2.45) is 10.9 Å². The Balaban J connectivity index is 1.83. The minimum atomic E-state index is 0.197. The fraction of sp³-hybridized carbons (Fsp3) is 0.462. The first kappa shape index (κ1) is 12.7. The van der Waals surface area contributed by atoms with Crippen molar-refractivity contribution in [3.8, 4) is 5.75 Å². The zero-order valence-electron chi connectivity index (χ0n) is 10.2. The van der Waals surface area contributed by atoms with Gasteiger partial charge in [0.2, 0.25) is 0 Å². The Labute approximate surface area is 106 Å². The van der Waals surface area contributed by atoms with Crippen LogP contribution in [-0.2, 0) is 11.2 Å². The van der Waals surface area contributed by atoms with E-state index in [1.807, 2.05) is 24.3 Å². The Kier molecular flexibility index (Phi) is 4.41. The Morgan fingerprint density at radius 3 is 2.83 bits per heavy atom. The van der Waals surface area contributed by atoms with Gasteiger partial charge in [-0.3, -0.25) is 0 Å². The molecule has 1 fully saturated rings. The standard InChI is InChI=1S/C13H18N2O3/c14-13(15-16)8-10-3-5-11(6-4-10)18-9-12-2-1-7-17-12/h3-6,12,16H,1-2,7-9H2,(H2,14,15). The molecule has 1 atom stereocenters. The lowest BCUT2D eigenvalue weighted by Crippen LogP contribution is -2.16. The summed E-state index contributed by atoms with van der Waals surface area (Å²) in [5, 5.41) is 11.4. The van der Waals surface area contributed by atoms with E-state index in [1.54, 1.807) is 0 Å². The van der Waals surface area contributed by atoms with Crippen molar-refractivity contribution in [3.05, 3.63) is 29.8 Å². The average Bonchev–Trinajstić information content (AvgIpc) is 2.91. The average molecular weight is 250 g/mol. The number of amidine groups is 1. The van der Waals surface area contributed by atoms with Gasteiger partial charge in [0, 0.05) is 13.0 Å². The molecule has 1 saturated heterocycles. The van der Waals surface area contributed by atoms with E-state index in [1.165, 1.54) is 0 Å². The number of hydrogen-bond donors (Lipinski definition) is 2. The number of benzene rings is 1. The van der Waals surface area contributed by atoms with Gasteiger partial charge in [0.1, 0.15) is 18.2 Å². The summed E-state index contributed by atoms with van der Waals surface area (Å²) in [7, 11) is 0.